The van der Waals surface area contributed by atoms with Crippen LogP contribution in [0.3, 0.4) is 0 Å². The highest BCUT2D eigenvalue weighted by molar-refractivity contribution is 5.85. The van der Waals surface area contributed by atoms with E-state index in [1.165, 1.54) is 4.57 Å². The van der Waals surface area contributed by atoms with Crippen molar-refractivity contribution >= 4 is 29.0 Å². The van der Waals surface area contributed by atoms with Gasteiger partial charge in [0.2, 0.25) is 0 Å². The predicted octanol–water partition coefficient (Wildman–Crippen LogP) is 1.41. The van der Waals surface area contributed by atoms with Crippen molar-refractivity contribution in [1.29, 1.82) is 0 Å². The van der Waals surface area contributed by atoms with Crippen molar-refractivity contribution in [3.63, 3.8) is 0 Å². The van der Waals surface area contributed by atoms with Gasteiger partial charge in [-0.15, -0.1) is 12.4 Å². The molecular formula is C19H27ClFN5O2. The lowest BCUT2D eigenvalue weighted by Gasteiger charge is -2.27. The first-order valence-corrected chi connectivity index (χ1v) is 9.45. The van der Waals surface area contributed by atoms with Crippen LogP contribution in [0.2, 0.25) is 0 Å². The Labute approximate surface area is 168 Å². The molecule has 1 aliphatic heterocycles. The molecule has 154 valence electrons. The van der Waals surface area contributed by atoms with Gasteiger partial charge >= 0.3 is 5.69 Å². The molecule has 1 aromatic heterocycles. The number of fused-ring (bicyclic) bond motifs is 1. The van der Waals surface area contributed by atoms with Crippen LogP contribution in [0.5, 0.6) is 0 Å². The van der Waals surface area contributed by atoms with Gasteiger partial charge in [0.1, 0.15) is 0 Å². The Morgan fingerprint density at radius 3 is 2.46 bits per heavy atom. The van der Waals surface area contributed by atoms with E-state index in [2.05, 4.69) is 0 Å². The molecule has 9 heteroatoms. The maximum Gasteiger partial charge on any atom is 0.350 e. The summed E-state index contributed by atoms with van der Waals surface area (Å²) in [5.41, 5.74) is 5.02. The summed E-state index contributed by atoms with van der Waals surface area (Å²) in [7, 11) is 0. The van der Waals surface area contributed by atoms with E-state index in [0.717, 1.165) is 19.3 Å². The minimum Gasteiger partial charge on any atom is -0.369 e. The number of benzene rings is 1. The van der Waals surface area contributed by atoms with E-state index in [9.17, 15) is 9.59 Å². The summed E-state index contributed by atoms with van der Waals surface area (Å²) in [4.78, 5) is 26.9. The van der Waals surface area contributed by atoms with Crippen molar-refractivity contribution in [1.82, 2.24) is 9.24 Å². The summed E-state index contributed by atoms with van der Waals surface area (Å²) >= 11 is 0. The highest BCUT2D eigenvalue weighted by atomic mass is 35.5. The monoisotopic (exact) mass is 411 g/mol. The van der Waals surface area contributed by atoms with Gasteiger partial charge in [0, 0.05) is 25.2 Å². The van der Waals surface area contributed by atoms with Crippen LogP contribution < -0.4 is 27.7 Å². The summed E-state index contributed by atoms with van der Waals surface area (Å²) < 4.78 is 17.4. The Balaban J connectivity index is 0.00000225. The Bertz CT molecular complexity index is 1020. The third-order valence-electron chi connectivity index (χ3n) is 5.97. The number of hydrogen-bond donors (Lipinski definition) is 2. The molecule has 0 spiro atoms. The lowest BCUT2D eigenvalue weighted by molar-refractivity contribution is 0.348. The molecule has 2 aliphatic rings. The molecule has 0 bridgehead atoms. The van der Waals surface area contributed by atoms with Gasteiger partial charge in [-0.25, -0.2) is 9.18 Å². The third kappa shape index (κ3) is 3.39. The van der Waals surface area contributed by atoms with Gasteiger partial charge in [-0.3, -0.25) is 9.36 Å². The first-order chi connectivity index (χ1) is 12.7. The van der Waals surface area contributed by atoms with Gasteiger partial charge in [-0.2, -0.15) is 4.68 Å². The van der Waals surface area contributed by atoms with Crippen molar-refractivity contribution in [2.45, 2.75) is 45.2 Å². The fraction of sp³-hybridized carbons (Fsp3) is 0.579. The fourth-order valence-corrected chi connectivity index (χ4v) is 3.99. The Kier molecular flexibility index (Phi) is 5.22. The summed E-state index contributed by atoms with van der Waals surface area (Å²) in [5, 5.41) is 0.133. The topological polar surface area (TPSA) is 99.3 Å². The van der Waals surface area contributed by atoms with E-state index in [-0.39, 0.29) is 34.8 Å². The predicted molar refractivity (Wildman–Crippen MR) is 111 cm³/mol. The molecule has 4 rings (SSSR count). The van der Waals surface area contributed by atoms with Gasteiger partial charge in [0.25, 0.3) is 5.56 Å². The number of hydrogen-bond acceptors (Lipinski definition) is 5. The largest absolute Gasteiger partial charge is 0.369 e. The van der Waals surface area contributed by atoms with Gasteiger partial charge in [-0.1, -0.05) is 0 Å². The number of halogens is 2. The van der Waals surface area contributed by atoms with Crippen molar-refractivity contribution < 1.29 is 4.39 Å². The van der Waals surface area contributed by atoms with Crippen molar-refractivity contribution in [3.8, 4) is 0 Å². The normalized spacial score (nSPS) is 19.9. The van der Waals surface area contributed by atoms with E-state index in [1.807, 2.05) is 18.7 Å². The molecule has 2 aromatic rings. The molecular weight excluding hydrogens is 385 g/mol. The number of nitrogen functional groups attached to an aromatic ring is 1. The minimum absolute atomic E-state index is 0. The van der Waals surface area contributed by atoms with Crippen LogP contribution in [0.15, 0.2) is 21.7 Å². The van der Waals surface area contributed by atoms with Crippen molar-refractivity contribution in [3.05, 3.63) is 38.8 Å². The number of nitrogens with zero attached hydrogens (tertiary/aromatic N) is 3. The lowest BCUT2D eigenvalue weighted by Crippen LogP contribution is -2.45. The van der Waals surface area contributed by atoms with E-state index >= 15 is 4.39 Å². The fourth-order valence-electron chi connectivity index (χ4n) is 3.99. The van der Waals surface area contributed by atoms with E-state index in [0.29, 0.717) is 35.9 Å². The van der Waals surface area contributed by atoms with Crippen LogP contribution >= 0.6 is 12.4 Å². The van der Waals surface area contributed by atoms with Crippen molar-refractivity contribution in [2.24, 2.45) is 17.6 Å². The third-order valence-corrected chi connectivity index (χ3v) is 5.97. The first-order valence-electron chi connectivity index (χ1n) is 9.45. The molecule has 28 heavy (non-hydrogen) atoms. The minimum atomic E-state index is -0.671. The lowest BCUT2D eigenvalue weighted by atomic mass is 9.88. The average molecular weight is 412 g/mol. The van der Waals surface area contributed by atoms with Crippen LogP contribution in [-0.4, -0.2) is 27.9 Å². The second kappa shape index (κ2) is 7.08. The molecule has 2 fully saturated rings. The van der Waals surface area contributed by atoms with E-state index < -0.39 is 17.1 Å². The Morgan fingerprint density at radius 1 is 1.21 bits per heavy atom. The Morgan fingerprint density at radius 2 is 1.89 bits per heavy atom. The smallest absolute Gasteiger partial charge is 0.350 e. The molecule has 7 nitrogen and oxygen atoms in total. The maximum absolute atomic E-state index is 15.5. The quantitative estimate of drug-likeness (QED) is 0.741. The zero-order chi connectivity index (χ0) is 19.5. The van der Waals surface area contributed by atoms with Gasteiger partial charge in [0.05, 0.1) is 16.6 Å². The number of nitrogens with two attached hydrogens (primary N) is 2. The summed E-state index contributed by atoms with van der Waals surface area (Å²) in [6.45, 7) is 5.68. The molecule has 1 saturated heterocycles. The molecule has 1 atom stereocenters. The SMILES string of the molecule is CC(C)(N)[C@@H]1CCN(c2ccc3c(=O)n(N)c(=O)n(CC4CC4)c3c2F)C1.Cl. The molecule has 1 saturated carbocycles. The zero-order valence-corrected chi connectivity index (χ0v) is 17.0. The van der Waals surface area contributed by atoms with Gasteiger partial charge in [-0.05, 0) is 57.1 Å². The molecule has 0 radical (unpaired) electrons. The summed E-state index contributed by atoms with van der Waals surface area (Å²) in [5.74, 6) is 5.70. The average Bonchev–Trinajstić information content (AvgIpc) is 3.28. The second-order valence-electron chi connectivity index (χ2n) is 8.56. The van der Waals surface area contributed by atoms with Crippen LogP contribution in [0.25, 0.3) is 10.9 Å². The standard InChI is InChI=1S/C19H26FN5O2.ClH/c1-19(2,21)12-7-8-23(10-12)14-6-5-13-16(15(14)20)24(9-11-3-4-11)18(27)25(22)17(13)26;/h5-6,11-12H,3-4,7-10,21-22H2,1-2H3;1H/t12-;/m1./s1. The number of anilines is 1. The van der Waals surface area contributed by atoms with E-state index in [4.69, 9.17) is 11.6 Å². The van der Waals surface area contributed by atoms with Crippen LogP contribution in [0.4, 0.5) is 10.1 Å². The second-order valence-corrected chi connectivity index (χ2v) is 8.56. The number of rotatable bonds is 4. The Hall–Kier alpha value is -2.06. The molecule has 0 unspecified atom stereocenters. The maximum atomic E-state index is 15.5. The zero-order valence-electron chi connectivity index (χ0n) is 16.2. The van der Waals surface area contributed by atoms with Crippen LogP contribution in [0.1, 0.15) is 33.1 Å². The van der Waals surface area contributed by atoms with E-state index in [1.54, 1.807) is 12.1 Å². The first kappa shape index (κ1) is 20.7. The number of aromatic nitrogens is 2. The molecule has 1 aliphatic carbocycles. The molecule has 2 heterocycles. The van der Waals surface area contributed by atoms with Crippen LogP contribution in [0, 0.1) is 17.7 Å². The van der Waals surface area contributed by atoms with Gasteiger partial charge in [0.15, 0.2) is 5.82 Å². The molecule has 4 N–H and O–H groups in total. The highest BCUT2D eigenvalue weighted by Gasteiger charge is 2.34. The summed E-state index contributed by atoms with van der Waals surface area (Å²) in [6, 6.07) is 3.18. The molecule has 1 aromatic carbocycles. The molecule has 0 amide bonds. The summed E-state index contributed by atoms with van der Waals surface area (Å²) in [6.07, 6.45) is 2.87. The van der Waals surface area contributed by atoms with Crippen LogP contribution in [-0.2, 0) is 6.54 Å². The highest BCUT2D eigenvalue weighted by Crippen LogP contribution is 2.34. The van der Waals surface area contributed by atoms with Gasteiger partial charge < -0.3 is 16.5 Å². The van der Waals surface area contributed by atoms with Crippen molar-refractivity contribution in [2.75, 3.05) is 23.8 Å².